The Balaban J connectivity index is 1.13. The highest BCUT2D eigenvalue weighted by Crippen LogP contribution is 2.35. The maximum Gasteiger partial charge on any atom is 0.257 e. The first-order chi connectivity index (χ1) is 22.7. The Morgan fingerprint density at radius 2 is 1.74 bits per heavy atom. The Morgan fingerprint density at radius 1 is 1.00 bits per heavy atom. The van der Waals surface area contributed by atoms with Crippen molar-refractivity contribution < 1.29 is 32.8 Å². The van der Waals surface area contributed by atoms with E-state index < -0.39 is 17.8 Å². The number of carbonyl (C=O) groups excluding carboxylic acids is 3. The number of amides is 3. The number of benzene rings is 3. The second kappa shape index (κ2) is 12.5. The molecule has 2 atom stereocenters. The van der Waals surface area contributed by atoms with E-state index in [1.165, 1.54) is 12.1 Å². The molecule has 1 N–H and O–H groups in total. The first-order valence-electron chi connectivity index (χ1n) is 15.7. The minimum atomic E-state index is -0.742. The van der Waals surface area contributed by atoms with Crippen molar-refractivity contribution in [3.8, 4) is 28.7 Å². The highest BCUT2D eigenvalue weighted by atomic mass is 19.1. The summed E-state index contributed by atoms with van der Waals surface area (Å²) >= 11 is 0. The lowest BCUT2D eigenvalue weighted by atomic mass is 9.98. The highest BCUT2D eigenvalue weighted by molar-refractivity contribution is 5.96. The lowest BCUT2D eigenvalue weighted by Crippen LogP contribution is -2.38. The summed E-state index contributed by atoms with van der Waals surface area (Å²) in [6.45, 7) is 2.68. The molecule has 2 saturated heterocycles. The van der Waals surface area contributed by atoms with Crippen LogP contribution < -0.4 is 14.8 Å². The van der Waals surface area contributed by atoms with Gasteiger partial charge in [0.15, 0.2) is 5.82 Å². The van der Waals surface area contributed by atoms with Crippen LogP contribution in [0, 0.1) is 12.7 Å². The molecule has 0 radical (unpaired) electrons. The second-order valence-corrected chi connectivity index (χ2v) is 12.3. The fourth-order valence-electron chi connectivity index (χ4n) is 6.25. The van der Waals surface area contributed by atoms with Gasteiger partial charge in [-0.2, -0.15) is 4.98 Å². The number of hydrogen-bond acceptors (Lipinski definition) is 8. The predicted octanol–water partition coefficient (Wildman–Crippen LogP) is 4.99. The third-order valence-electron chi connectivity index (χ3n) is 8.90. The second-order valence-electron chi connectivity index (χ2n) is 12.3. The molecule has 3 amide bonds. The number of ether oxygens (including phenoxy) is 2. The zero-order valence-corrected chi connectivity index (χ0v) is 26.1. The monoisotopic (exact) mass is 639 g/mol. The van der Waals surface area contributed by atoms with Gasteiger partial charge in [-0.25, -0.2) is 4.39 Å². The average molecular weight is 640 g/mol. The summed E-state index contributed by atoms with van der Waals surface area (Å²) in [5, 5.41) is 6.66. The van der Waals surface area contributed by atoms with E-state index in [4.69, 9.17) is 14.0 Å². The Labute approximate surface area is 270 Å². The van der Waals surface area contributed by atoms with Gasteiger partial charge in [0.25, 0.3) is 11.8 Å². The minimum Gasteiger partial charge on any atom is -0.497 e. The van der Waals surface area contributed by atoms with Crippen molar-refractivity contribution >= 4 is 17.7 Å². The third kappa shape index (κ3) is 6.53. The smallest absolute Gasteiger partial charge is 0.257 e. The number of carbonyl (C=O) groups is 3. The van der Waals surface area contributed by atoms with E-state index in [0.717, 1.165) is 24.2 Å². The number of methoxy groups -OCH3 is 1. The summed E-state index contributed by atoms with van der Waals surface area (Å²) in [5.41, 5.74) is 1.91. The van der Waals surface area contributed by atoms with E-state index >= 15 is 4.39 Å². The number of nitrogens with one attached hydrogen (secondary N) is 1. The van der Waals surface area contributed by atoms with E-state index in [1.54, 1.807) is 48.1 Å². The SMILES string of the molecule is COc1ccc(C2CC(=O)N(Cc3cc(F)c(C(=O)NC4CC(=O)N(C5CC5)C4)cc3Oc3ccc(-c4nc(C)no4)cc3)C2)cc1. The van der Waals surface area contributed by atoms with Crippen LogP contribution in [0.5, 0.6) is 17.2 Å². The summed E-state index contributed by atoms with van der Waals surface area (Å²) in [7, 11) is 1.60. The number of halogens is 1. The van der Waals surface area contributed by atoms with Crippen molar-refractivity contribution in [1.82, 2.24) is 25.3 Å². The largest absolute Gasteiger partial charge is 0.497 e. The molecule has 7 rings (SSSR count). The van der Waals surface area contributed by atoms with Crippen LogP contribution in [0.1, 0.15) is 58.9 Å². The van der Waals surface area contributed by atoms with Crippen molar-refractivity contribution in [2.24, 2.45) is 0 Å². The molecule has 1 aromatic heterocycles. The van der Waals surface area contributed by atoms with Gasteiger partial charge in [0.2, 0.25) is 11.8 Å². The van der Waals surface area contributed by atoms with Crippen LogP contribution in [0.4, 0.5) is 4.39 Å². The van der Waals surface area contributed by atoms with Gasteiger partial charge < -0.3 is 29.1 Å². The van der Waals surface area contributed by atoms with E-state index in [0.29, 0.717) is 48.1 Å². The Kier molecular flexibility index (Phi) is 8.09. The molecule has 2 unspecified atom stereocenters. The summed E-state index contributed by atoms with van der Waals surface area (Å²) < 4.78 is 32.4. The van der Waals surface area contributed by atoms with Gasteiger partial charge in [-0.05, 0) is 73.9 Å². The molecule has 2 aliphatic heterocycles. The number of aryl methyl sites for hydroxylation is 1. The van der Waals surface area contributed by atoms with Gasteiger partial charge in [-0.1, -0.05) is 17.3 Å². The molecule has 242 valence electrons. The van der Waals surface area contributed by atoms with Crippen LogP contribution in [0.15, 0.2) is 65.2 Å². The summed E-state index contributed by atoms with van der Waals surface area (Å²) in [6.07, 6.45) is 2.45. The molecular formula is C35H34FN5O6. The Hall–Kier alpha value is -5.26. The molecule has 1 aliphatic carbocycles. The molecular weight excluding hydrogens is 605 g/mol. The van der Waals surface area contributed by atoms with Gasteiger partial charge in [-0.3, -0.25) is 14.4 Å². The van der Waals surface area contributed by atoms with Crippen LogP contribution >= 0.6 is 0 Å². The number of nitrogens with zero attached hydrogens (tertiary/aromatic N) is 4. The van der Waals surface area contributed by atoms with Crippen LogP contribution in [-0.4, -0.2) is 69.9 Å². The van der Waals surface area contributed by atoms with E-state index in [-0.39, 0.29) is 48.1 Å². The predicted molar refractivity (Wildman–Crippen MR) is 167 cm³/mol. The number of hydrogen-bond donors (Lipinski definition) is 1. The van der Waals surface area contributed by atoms with Crippen molar-refractivity contribution in [2.75, 3.05) is 20.2 Å². The van der Waals surface area contributed by atoms with Crippen LogP contribution in [-0.2, 0) is 16.1 Å². The molecule has 0 spiro atoms. The van der Waals surface area contributed by atoms with Gasteiger partial charge >= 0.3 is 0 Å². The molecule has 3 heterocycles. The van der Waals surface area contributed by atoms with Gasteiger partial charge in [0, 0.05) is 55.6 Å². The maximum absolute atomic E-state index is 15.7. The minimum absolute atomic E-state index is 0.00000362. The average Bonchev–Trinajstić information content (AvgIpc) is 3.56. The lowest BCUT2D eigenvalue weighted by Gasteiger charge is -2.21. The zero-order chi connectivity index (χ0) is 32.7. The zero-order valence-electron chi connectivity index (χ0n) is 26.1. The first-order valence-corrected chi connectivity index (χ1v) is 15.7. The molecule has 4 aromatic rings. The normalized spacial score (nSPS) is 19.4. The summed E-state index contributed by atoms with van der Waals surface area (Å²) in [5.74, 6) is 0.797. The molecule has 3 aliphatic rings. The quantitative estimate of drug-likeness (QED) is 0.257. The molecule has 47 heavy (non-hydrogen) atoms. The van der Waals surface area contributed by atoms with Crippen molar-refractivity contribution in [1.29, 1.82) is 0 Å². The van der Waals surface area contributed by atoms with Gasteiger partial charge in [0.1, 0.15) is 23.1 Å². The van der Waals surface area contributed by atoms with E-state index in [2.05, 4.69) is 15.5 Å². The molecule has 11 nitrogen and oxygen atoms in total. The fraction of sp³-hybridized carbons (Fsp3) is 0.343. The van der Waals surface area contributed by atoms with Gasteiger partial charge in [0.05, 0.1) is 18.7 Å². The van der Waals surface area contributed by atoms with Crippen molar-refractivity contribution in [2.45, 2.75) is 57.2 Å². The number of aromatic nitrogens is 2. The van der Waals surface area contributed by atoms with Gasteiger partial charge in [-0.15, -0.1) is 0 Å². The van der Waals surface area contributed by atoms with E-state index in [1.807, 2.05) is 24.3 Å². The van der Waals surface area contributed by atoms with Crippen molar-refractivity contribution in [3.05, 3.63) is 89.0 Å². The third-order valence-corrected chi connectivity index (χ3v) is 8.90. The summed E-state index contributed by atoms with van der Waals surface area (Å²) in [6, 6.07) is 17.0. The van der Waals surface area contributed by atoms with Crippen LogP contribution in [0.25, 0.3) is 11.5 Å². The molecule has 0 bridgehead atoms. The highest BCUT2D eigenvalue weighted by Gasteiger charge is 2.40. The standard InChI is InChI=1S/C35H34FN5O6/c1-20-37-35(47-39-20)22-5-11-28(12-6-22)46-31-16-29(34(44)38-25-15-33(43)41(19-25)26-7-8-26)30(36)13-24(31)18-40-17-23(14-32(40)42)21-3-9-27(45-2)10-4-21/h3-6,9-13,16,23,25-26H,7-8,14-15,17-19H2,1-2H3,(H,38,44). The Bertz CT molecular complexity index is 1820. The topological polar surface area (TPSA) is 127 Å². The fourth-order valence-corrected chi connectivity index (χ4v) is 6.25. The van der Waals surface area contributed by atoms with Crippen LogP contribution in [0.3, 0.4) is 0 Å². The first kappa shape index (κ1) is 30.4. The number of likely N-dealkylation sites (tertiary alicyclic amines) is 2. The Morgan fingerprint density at radius 3 is 2.43 bits per heavy atom. The number of rotatable bonds is 10. The molecule has 3 aromatic carbocycles. The van der Waals surface area contributed by atoms with Crippen molar-refractivity contribution in [3.63, 3.8) is 0 Å². The molecule has 3 fully saturated rings. The van der Waals surface area contributed by atoms with E-state index in [9.17, 15) is 14.4 Å². The molecule has 12 heteroatoms. The molecule has 1 saturated carbocycles. The maximum atomic E-state index is 15.7. The van der Waals surface area contributed by atoms with Crippen LogP contribution in [0.2, 0.25) is 0 Å². The summed E-state index contributed by atoms with van der Waals surface area (Å²) in [4.78, 5) is 46.6. The lowest BCUT2D eigenvalue weighted by molar-refractivity contribution is -0.129.